The van der Waals surface area contributed by atoms with Gasteiger partial charge in [-0.3, -0.25) is 5.43 Å². The third-order valence-electron chi connectivity index (χ3n) is 5.28. The number of benzene rings is 2. The van der Waals surface area contributed by atoms with Gasteiger partial charge in [0.05, 0.1) is 34.5 Å². The number of aromatic amines is 1. The molecule has 0 spiro atoms. The van der Waals surface area contributed by atoms with Crippen molar-refractivity contribution in [2.24, 2.45) is 10.1 Å². The standard InChI is InChI=1S/C21H20ClN5O3S2.ClH/c22-17-6-5-14(32(28,29)27-7-9-30-10-8-27)11-19(17)24-21-26-25-20(13-31-21)16-12-23-18-4-2-1-3-15(16)18;/h1-6,11-12,23H,7-10,13H2,(H,24,26);1H. The second-order valence-electron chi connectivity index (χ2n) is 7.25. The van der Waals surface area contributed by atoms with E-state index in [0.29, 0.717) is 47.9 Å². The molecule has 8 nitrogen and oxygen atoms in total. The molecule has 1 fully saturated rings. The molecule has 2 aromatic carbocycles. The Morgan fingerprint density at radius 1 is 1.15 bits per heavy atom. The molecule has 0 radical (unpaired) electrons. The van der Waals surface area contributed by atoms with Gasteiger partial charge in [-0.15, -0.1) is 12.4 Å². The third-order valence-corrected chi connectivity index (χ3v) is 8.37. The lowest BCUT2D eigenvalue weighted by Crippen LogP contribution is -2.40. The molecule has 3 heterocycles. The number of ether oxygens (including phenoxy) is 1. The summed E-state index contributed by atoms with van der Waals surface area (Å²) in [6, 6.07) is 12.6. The van der Waals surface area contributed by atoms with Gasteiger partial charge in [0.15, 0.2) is 5.17 Å². The first kappa shape index (κ1) is 24.1. The smallest absolute Gasteiger partial charge is 0.243 e. The summed E-state index contributed by atoms with van der Waals surface area (Å²) >= 11 is 7.80. The van der Waals surface area contributed by atoms with Gasteiger partial charge in [0.2, 0.25) is 10.0 Å². The van der Waals surface area contributed by atoms with Gasteiger partial charge in [-0.25, -0.2) is 13.4 Å². The average Bonchev–Trinajstić information content (AvgIpc) is 3.26. The molecule has 0 saturated carbocycles. The number of sulfonamides is 1. The van der Waals surface area contributed by atoms with E-state index >= 15 is 0 Å². The number of fused-ring (bicyclic) bond motifs is 1. The zero-order valence-electron chi connectivity index (χ0n) is 17.3. The summed E-state index contributed by atoms with van der Waals surface area (Å²) in [4.78, 5) is 7.95. The zero-order chi connectivity index (χ0) is 22.1. The minimum Gasteiger partial charge on any atom is -0.379 e. The highest BCUT2D eigenvalue weighted by Gasteiger charge is 2.27. The fourth-order valence-corrected chi connectivity index (χ4v) is 5.96. The molecule has 0 amide bonds. The molecule has 12 heteroatoms. The Kier molecular flexibility index (Phi) is 7.32. The number of thioether (sulfide) groups is 1. The van der Waals surface area contributed by atoms with Crippen LogP contribution in [0.2, 0.25) is 5.02 Å². The fourth-order valence-electron chi connectivity index (χ4n) is 3.61. The first-order valence-electron chi connectivity index (χ1n) is 10.0. The SMILES string of the molecule is Cl.O=S(=O)(c1ccc(Cl)c(N=C2NN=C(c3c[nH]c4ccccc34)CS2)c1)N1CCOCC1. The molecule has 3 aromatic rings. The van der Waals surface area contributed by atoms with Crippen LogP contribution in [0.15, 0.2) is 63.7 Å². The molecule has 0 atom stereocenters. The van der Waals surface area contributed by atoms with E-state index in [1.807, 2.05) is 24.4 Å². The fraction of sp³-hybridized carbons (Fsp3) is 0.238. The van der Waals surface area contributed by atoms with Gasteiger partial charge in [-0.05, 0) is 24.3 Å². The van der Waals surface area contributed by atoms with Crippen molar-refractivity contribution in [3.63, 3.8) is 0 Å². The molecule has 0 bridgehead atoms. The molecule has 0 unspecified atom stereocenters. The van der Waals surface area contributed by atoms with Crippen LogP contribution in [0.25, 0.3) is 10.9 Å². The Balaban J connectivity index is 0.00000259. The van der Waals surface area contributed by atoms with E-state index in [-0.39, 0.29) is 17.3 Å². The van der Waals surface area contributed by atoms with Gasteiger partial charge < -0.3 is 9.72 Å². The number of hydrogen-bond acceptors (Lipinski definition) is 6. The molecule has 2 N–H and O–H groups in total. The van der Waals surface area contributed by atoms with Crippen molar-refractivity contribution in [1.82, 2.24) is 14.7 Å². The predicted molar refractivity (Wildman–Crippen MR) is 136 cm³/mol. The lowest BCUT2D eigenvalue weighted by Gasteiger charge is -2.26. The van der Waals surface area contributed by atoms with Crippen molar-refractivity contribution < 1.29 is 13.2 Å². The van der Waals surface area contributed by atoms with Gasteiger partial charge >= 0.3 is 0 Å². The predicted octanol–water partition coefficient (Wildman–Crippen LogP) is 3.99. The summed E-state index contributed by atoms with van der Waals surface area (Å²) < 4.78 is 32.6. The molecule has 0 aliphatic carbocycles. The van der Waals surface area contributed by atoms with Gasteiger partial charge in [-0.2, -0.15) is 9.41 Å². The van der Waals surface area contributed by atoms with Crippen molar-refractivity contribution in [2.75, 3.05) is 32.1 Å². The second kappa shape index (κ2) is 10.0. The molecule has 1 saturated heterocycles. The number of hydrogen-bond donors (Lipinski definition) is 2. The van der Waals surface area contributed by atoms with E-state index in [1.165, 1.54) is 28.2 Å². The van der Waals surface area contributed by atoms with E-state index in [4.69, 9.17) is 16.3 Å². The van der Waals surface area contributed by atoms with Crippen LogP contribution in [0.5, 0.6) is 0 Å². The minimum atomic E-state index is -3.63. The van der Waals surface area contributed by atoms with Crippen LogP contribution in [0, 0.1) is 0 Å². The molecule has 2 aliphatic rings. The lowest BCUT2D eigenvalue weighted by atomic mass is 10.1. The topological polar surface area (TPSA) is 99.2 Å². The highest BCUT2D eigenvalue weighted by Crippen LogP contribution is 2.31. The zero-order valence-corrected chi connectivity index (χ0v) is 20.5. The second-order valence-corrected chi connectivity index (χ2v) is 10.6. The first-order valence-corrected chi connectivity index (χ1v) is 12.8. The van der Waals surface area contributed by atoms with E-state index in [1.54, 1.807) is 6.07 Å². The summed E-state index contributed by atoms with van der Waals surface area (Å²) in [5.41, 5.74) is 6.35. The van der Waals surface area contributed by atoms with Gasteiger partial charge in [0, 0.05) is 41.5 Å². The van der Waals surface area contributed by atoms with Crippen LogP contribution >= 0.6 is 35.8 Å². The number of aromatic nitrogens is 1. The summed E-state index contributed by atoms with van der Waals surface area (Å²) in [7, 11) is -3.63. The molecule has 2 aliphatic heterocycles. The minimum absolute atomic E-state index is 0. The first-order chi connectivity index (χ1) is 15.5. The number of rotatable bonds is 4. The lowest BCUT2D eigenvalue weighted by molar-refractivity contribution is 0.0730. The quantitative estimate of drug-likeness (QED) is 0.536. The molecule has 33 heavy (non-hydrogen) atoms. The van der Waals surface area contributed by atoms with Crippen LogP contribution in [0.3, 0.4) is 0 Å². The van der Waals surface area contributed by atoms with Crippen LogP contribution < -0.4 is 5.43 Å². The summed E-state index contributed by atoms with van der Waals surface area (Å²) in [5, 5.41) is 6.51. The number of H-pyrrole nitrogens is 1. The number of nitrogens with zero attached hydrogens (tertiary/aromatic N) is 3. The van der Waals surface area contributed by atoms with Crippen molar-refractivity contribution in [3.05, 3.63) is 59.2 Å². The number of hydrazone groups is 1. The van der Waals surface area contributed by atoms with Crippen LogP contribution in [-0.2, 0) is 14.8 Å². The van der Waals surface area contributed by atoms with Gasteiger partial charge in [0.25, 0.3) is 0 Å². The normalized spacial score (nSPS) is 18.6. The maximum Gasteiger partial charge on any atom is 0.243 e. The maximum atomic E-state index is 13.0. The third kappa shape index (κ3) is 4.91. The Bertz CT molecular complexity index is 1330. The monoisotopic (exact) mass is 525 g/mol. The molecular weight excluding hydrogens is 505 g/mol. The summed E-state index contributed by atoms with van der Waals surface area (Å²) in [6.07, 6.45) is 1.95. The Morgan fingerprint density at radius 2 is 1.94 bits per heavy atom. The Hall–Kier alpha value is -2.08. The molecular formula is C21H21Cl2N5O3S2. The molecule has 5 rings (SSSR count). The van der Waals surface area contributed by atoms with Crippen LogP contribution in [0.1, 0.15) is 5.56 Å². The largest absolute Gasteiger partial charge is 0.379 e. The highest BCUT2D eigenvalue weighted by molar-refractivity contribution is 8.14. The van der Waals surface area contributed by atoms with Crippen LogP contribution in [0.4, 0.5) is 5.69 Å². The van der Waals surface area contributed by atoms with Gasteiger partial charge in [0.1, 0.15) is 0 Å². The van der Waals surface area contributed by atoms with Crippen molar-refractivity contribution in [2.45, 2.75) is 4.90 Å². The number of amidine groups is 1. The summed E-state index contributed by atoms with van der Waals surface area (Å²) in [5.74, 6) is 0.622. The van der Waals surface area contributed by atoms with Crippen LogP contribution in [-0.4, -0.2) is 60.6 Å². The number of halogens is 2. The average molecular weight is 526 g/mol. The Morgan fingerprint density at radius 3 is 2.70 bits per heavy atom. The maximum absolute atomic E-state index is 13.0. The summed E-state index contributed by atoms with van der Waals surface area (Å²) in [6.45, 7) is 1.44. The Labute approximate surface area is 206 Å². The number of aliphatic imine (C=N–C) groups is 1. The van der Waals surface area contributed by atoms with E-state index in [9.17, 15) is 8.42 Å². The van der Waals surface area contributed by atoms with Crippen molar-refractivity contribution in [1.29, 1.82) is 0 Å². The van der Waals surface area contributed by atoms with Gasteiger partial charge in [-0.1, -0.05) is 41.6 Å². The number of morpholine rings is 1. The highest BCUT2D eigenvalue weighted by atomic mass is 35.5. The molecule has 174 valence electrons. The molecule has 1 aromatic heterocycles. The number of nitrogens with one attached hydrogen (secondary N) is 2. The number of para-hydroxylation sites is 1. The van der Waals surface area contributed by atoms with Crippen molar-refractivity contribution >= 4 is 73.3 Å². The van der Waals surface area contributed by atoms with E-state index in [2.05, 4.69) is 26.6 Å². The van der Waals surface area contributed by atoms with Crippen molar-refractivity contribution in [3.8, 4) is 0 Å². The van der Waals surface area contributed by atoms with E-state index in [0.717, 1.165) is 22.2 Å². The van der Waals surface area contributed by atoms with E-state index < -0.39 is 10.0 Å².